The molecule has 0 spiro atoms. The molecule has 3 heteroatoms. The second-order valence-corrected chi connectivity index (χ2v) is 7.88. The van der Waals surface area contributed by atoms with Gasteiger partial charge in [-0.1, -0.05) is 78.4 Å². The number of hydrogen-bond donors (Lipinski definition) is 1. The predicted octanol–water partition coefficient (Wildman–Crippen LogP) is 3.30. The van der Waals surface area contributed by atoms with E-state index >= 15 is 0 Å². The van der Waals surface area contributed by atoms with Crippen molar-refractivity contribution in [2.24, 2.45) is 5.10 Å². The lowest BCUT2D eigenvalue weighted by atomic mass is 10.0. The van der Waals surface area contributed by atoms with E-state index in [0.717, 1.165) is 26.2 Å². The maximum Gasteiger partial charge on any atom is 0.140 e. The van der Waals surface area contributed by atoms with Gasteiger partial charge in [-0.15, -0.1) is 0 Å². The third-order valence-corrected chi connectivity index (χ3v) is 6.04. The van der Waals surface area contributed by atoms with Crippen molar-refractivity contribution in [1.29, 1.82) is 0 Å². The molecular formula is C25H26N3+. The maximum absolute atomic E-state index is 4.74. The first-order chi connectivity index (χ1) is 13.8. The summed E-state index contributed by atoms with van der Waals surface area (Å²) in [5.41, 5.74) is 8.24. The lowest BCUT2D eigenvalue weighted by Crippen LogP contribution is -3.14. The predicted molar refractivity (Wildman–Crippen MR) is 115 cm³/mol. The normalized spacial score (nSPS) is 17.1. The number of hydrogen-bond acceptors (Lipinski definition) is 2. The summed E-state index contributed by atoms with van der Waals surface area (Å²) in [7, 11) is 0. The Kier molecular flexibility index (Phi) is 4.46. The minimum Gasteiger partial charge on any atom is -0.322 e. The lowest BCUT2D eigenvalue weighted by molar-refractivity contribution is -0.929. The standard InChI is InChI=1S/C25H25N3/c1-19-7-6-8-20(17-19)18-26-28-15-13-27(14-16-28)25-23-11-4-2-9-21(23)22-10-3-5-12-24(22)25/h2-12,17-18,25H,13-16H2,1H3/p+1/b26-18-. The summed E-state index contributed by atoms with van der Waals surface area (Å²) < 4.78 is 0. The summed E-state index contributed by atoms with van der Waals surface area (Å²) in [6.45, 7) is 6.34. The lowest BCUT2D eigenvalue weighted by Gasteiger charge is -2.34. The summed E-state index contributed by atoms with van der Waals surface area (Å²) in [6.07, 6.45) is 2.00. The molecule has 2 aliphatic rings. The number of nitrogens with zero attached hydrogens (tertiary/aromatic N) is 2. The van der Waals surface area contributed by atoms with Crippen molar-refractivity contribution in [2.45, 2.75) is 13.0 Å². The molecule has 0 radical (unpaired) electrons. The van der Waals surface area contributed by atoms with E-state index < -0.39 is 0 Å². The SMILES string of the molecule is Cc1cccc(/C=N\N2CC[NH+](C3c4ccccc4-c4ccccc43)CC2)c1. The van der Waals surface area contributed by atoms with Crippen LogP contribution in [0.3, 0.4) is 0 Å². The van der Waals surface area contributed by atoms with E-state index in [9.17, 15) is 0 Å². The zero-order chi connectivity index (χ0) is 18.9. The van der Waals surface area contributed by atoms with Gasteiger partial charge in [-0.05, 0) is 23.6 Å². The largest absolute Gasteiger partial charge is 0.322 e. The second kappa shape index (κ2) is 7.25. The van der Waals surface area contributed by atoms with Gasteiger partial charge in [0.05, 0.1) is 32.4 Å². The van der Waals surface area contributed by atoms with Gasteiger partial charge in [-0.2, -0.15) is 5.10 Å². The van der Waals surface area contributed by atoms with Gasteiger partial charge >= 0.3 is 0 Å². The van der Waals surface area contributed by atoms with E-state index in [4.69, 9.17) is 5.10 Å². The molecule has 0 aromatic heterocycles. The van der Waals surface area contributed by atoms with Crippen molar-refractivity contribution in [2.75, 3.05) is 26.2 Å². The second-order valence-electron chi connectivity index (χ2n) is 7.88. The van der Waals surface area contributed by atoms with E-state index in [1.54, 1.807) is 4.90 Å². The van der Waals surface area contributed by atoms with Gasteiger partial charge in [-0.3, -0.25) is 5.01 Å². The average molecular weight is 369 g/mol. The molecule has 3 aromatic carbocycles. The zero-order valence-corrected chi connectivity index (χ0v) is 16.3. The number of quaternary nitrogens is 1. The highest BCUT2D eigenvalue weighted by Crippen LogP contribution is 2.41. The molecule has 1 heterocycles. The fourth-order valence-corrected chi connectivity index (χ4v) is 4.68. The molecule has 1 saturated heterocycles. The molecule has 0 amide bonds. The first kappa shape index (κ1) is 17.2. The molecular weight excluding hydrogens is 342 g/mol. The van der Waals surface area contributed by atoms with Crippen molar-refractivity contribution in [1.82, 2.24) is 5.01 Å². The molecule has 0 saturated carbocycles. The Morgan fingerprint density at radius 1 is 0.857 bits per heavy atom. The number of nitrogens with one attached hydrogen (secondary N) is 1. The first-order valence-corrected chi connectivity index (χ1v) is 10.2. The van der Waals surface area contributed by atoms with Crippen molar-refractivity contribution in [3.63, 3.8) is 0 Å². The molecule has 140 valence electrons. The molecule has 5 rings (SSSR count). The summed E-state index contributed by atoms with van der Waals surface area (Å²) in [4.78, 5) is 1.65. The quantitative estimate of drug-likeness (QED) is 0.703. The summed E-state index contributed by atoms with van der Waals surface area (Å²) in [6, 6.07) is 26.8. The number of aryl methyl sites for hydroxylation is 1. The maximum atomic E-state index is 4.74. The van der Waals surface area contributed by atoms with Crippen LogP contribution >= 0.6 is 0 Å². The Morgan fingerprint density at radius 3 is 2.14 bits per heavy atom. The van der Waals surface area contributed by atoms with E-state index in [0.29, 0.717) is 6.04 Å². The van der Waals surface area contributed by atoms with Crippen LogP contribution in [0.1, 0.15) is 28.3 Å². The smallest absolute Gasteiger partial charge is 0.140 e. The molecule has 28 heavy (non-hydrogen) atoms. The van der Waals surface area contributed by atoms with Gasteiger partial charge in [0, 0.05) is 11.1 Å². The van der Waals surface area contributed by atoms with E-state index in [1.807, 2.05) is 6.21 Å². The molecule has 3 nitrogen and oxygen atoms in total. The molecule has 1 aliphatic heterocycles. The molecule has 0 unspecified atom stereocenters. The van der Waals surface area contributed by atoms with Gasteiger partial charge < -0.3 is 4.90 Å². The number of benzene rings is 3. The summed E-state index contributed by atoms with van der Waals surface area (Å²) >= 11 is 0. The summed E-state index contributed by atoms with van der Waals surface area (Å²) in [5.74, 6) is 0. The van der Waals surface area contributed by atoms with Crippen LogP contribution in [0, 0.1) is 6.92 Å². The van der Waals surface area contributed by atoms with Crippen LogP contribution < -0.4 is 4.90 Å². The Hall–Kier alpha value is -2.91. The van der Waals surface area contributed by atoms with Gasteiger partial charge in [0.15, 0.2) is 0 Å². The number of fused-ring (bicyclic) bond motifs is 3. The van der Waals surface area contributed by atoms with Crippen LogP contribution in [0.5, 0.6) is 0 Å². The van der Waals surface area contributed by atoms with Crippen molar-refractivity contribution in [3.8, 4) is 11.1 Å². The topological polar surface area (TPSA) is 20.0 Å². The van der Waals surface area contributed by atoms with Gasteiger partial charge in [0.2, 0.25) is 0 Å². The number of piperazine rings is 1. The Bertz CT molecular complexity index is 970. The third-order valence-electron chi connectivity index (χ3n) is 6.04. The number of hydrazone groups is 1. The molecule has 1 aliphatic carbocycles. The highest BCUT2D eigenvalue weighted by atomic mass is 15.5. The Labute approximate surface area is 166 Å². The first-order valence-electron chi connectivity index (χ1n) is 10.2. The fraction of sp³-hybridized carbons (Fsp3) is 0.240. The highest BCUT2D eigenvalue weighted by Gasteiger charge is 2.37. The minimum absolute atomic E-state index is 0.454. The third kappa shape index (κ3) is 3.12. The average Bonchev–Trinajstić information content (AvgIpc) is 3.07. The van der Waals surface area contributed by atoms with Gasteiger partial charge in [-0.25, -0.2) is 0 Å². The fourth-order valence-electron chi connectivity index (χ4n) is 4.68. The van der Waals surface area contributed by atoms with Crippen LogP contribution in [0.15, 0.2) is 77.9 Å². The van der Waals surface area contributed by atoms with E-state index in [-0.39, 0.29) is 0 Å². The number of rotatable bonds is 3. The Balaban J connectivity index is 1.32. The summed E-state index contributed by atoms with van der Waals surface area (Å²) in [5, 5.41) is 6.96. The highest BCUT2D eigenvalue weighted by molar-refractivity contribution is 5.79. The van der Waals surface area contributed by atoms with E-state index in [2.05, 4.69) is 84.7 Å². The van der Waals surface area contributed by atoms with Crippen molar-refractivity contribution < 1.29 is 4.90 Å². The van der Waals surface area contributed by atoms with Gasteiger partial charge in [0.25, 0.3) is 0 Å². The monoisotopic (exact) mass is 368 g/mol. The van der Waals surface area contributed by atoms with Crippen LogP contribution in [-0.4, -0.2) is 37.4 Å². The van der Waals surface area contributed by atoms with Crippen LogP contribution in [-0.2, 0) is 0 Å². The van der Waals surface area contributed by atoms with Crippen LogP contribution in [0.25, 0.3) is 11.1 Å². The zero-order valence-electron chi connectivity index (χ0n) is 16.3. The Morgan fingerprint density at radius 2 is 1.50 bits per heavy atom. The molecule has 0 atom stereocenters. The minimum atomic E-state index is 0.454. The molecule has 0 bridgehead atoms. The molecule has 1 fully saturated rings. The molecule has 1 N–H and O–H groups in total. The van der Waals surface area contributed by atoms with Crippen LogP contribution in [0.4, 0.5) is 0 Å². The van der Waals surface area contributed by atoms with Gasteiger partial charge in [0.1, 0.15) is 6.04 Å². The molecule has 3 aromatic rings. The van der Waals surface area contributed by atoms with Crippen LogP contribution in [0.2, 0.25) is 0 Å². The van der Waals surface area contributed by atoms with Crippen molar-refractivity contribution in [3.05, 3.63) is 95.1 Å². The van der Waals surface area contributed by atoms with Crippen molar-refractivity contribution >= 4 is 6.21 Å². The van der Waals surface area contributed by atoms with E-state index in [1.165, 1.54) is 33.4 Å².